The fourth-order valence-electron chi connectivity index (χ4n) is 0.831. The van der Waals surface area contributed by atoms with Gasteiger partial charge in [0.05, 0.1) is 0 Å². The maximum Gasteiger partial charge on any atom is 0.159 e. The van der Waals surface area contributed by atoms with Crippen LogP contribution in [0.15, 0.2) is 24.3 Å². The van der Waals surface area contributed by atoms with Crippen LogP contribution >= 0.6 is 0 Å². The summed E-state index contributed by atoms with van der Waals surface area (Å²) in [5.41, 5.74) is 1.12. The van der Waals surface area contributed by atoms with Gasteiger partial charge in [-0.1, -0.05) is 18.2 Å². The van der Waals surface area contributed by atoms with E-state index in [2.05, 4.69) is 0 Å². The molecule has 0 aliphatic rings. The molecule has 0 saturated heterocycles. The third kappa shape index (κ3) is 1.74. The van der Waals surface area contributed by atoms with E-state index < -0.39 is 0 Å². The summed E-state index contributed by atoms with van der Waals surface area (Å²) in [5.74, 6) is -0.0197. The van der Waals surface area contributed by atoms with Gasteiger partial charge in [-0.2, -0.15) is 0 Å². The van der Waals surface area contributed by atoms with Crippen molar-refractivity contribution in [3.8, 4) is 0 Å². The molecule has 2 nitrogen and oxygen atoms in total. The number of hydrogen-bond acceptors (Lipinski definition) is 2. The first-order valence-electron chi connectivity index (χ1n) is 3.30. The van der Waals surface area contributed by atoms with Gasteiger partial charge in [-0.15, -0.1) is 0 Å². The lowest BCUT2D eigenvalue weighted by Crippen LogP contribution is -1.92. The van der Waals surface area contributed by atoms with Crippen molar-refractivity contribution in [2.24, 2.45) is 0 Å². The van der Waals surface area contributed by atoms with Crippen molar-refractivity contribution in [2.75, 3.05) is 0 Å². The first kappa shape index (κ1) is 7.66. The second-order valence-corrected chi connectivity index (χ2v) is 2.30. The Hall–Kier alpha value is -1.44. The third-order valence-electron chi connectivity index (χ3n) is 1.43. The number of ketones is 1. The van der Waals surface area contributed by atoms with Crippen molar-refractivity contribution in [3.05, 3.63) is 35.4 Å². The summed E-state index contributed by atoms with van der Waals surface area (Å²) in [5, 5.41) is 0. The van der Waals surface area contributed by atoms with Gasteiger partial charge >= 0.3 is 0 Å². The van der Waals surface area contributed by atoms with E-state index in [9.17, 15) is 9.59 Å². The number of rotatable bonds is 2. The van der Waals surface area contributed by atoms with Crippen LogP contribution in [0.5, 0.6) is 0 Å². The van der Waals surface area contributed by atoms with Crippen LogP contribution in [-0.2, 0) is 0 Å². The van der Waals surface area contributed by atoms with Gasteiger partial charge in [-0.05, 0) is 13.0 Å². The van der Waals surface area contributed by atoms with Crippen molar-refractivity contribution in [3.63, 3.8) is 0 Å². The Kier molecular flexibility index (Phi) is 2.16. The van der Waals surface area contributed by atoms with Gasteiger partial charge in [0, 0.05) is 11.1 Å². The molecule has 0 bridgehead atoms. The molecule has 0 heterocycles. The Morgan fingerprint density at radius 1 is 1.45 bits per heavy atom. The van der Waals surface area contributed by atoms with Crippen molar-refractivity contribution in [1.82, 2.24) is 0 Å². The molecule has 1 rings (SSSR count). The van der Waals surface area contributed by atoms with E-state index >= 15 is 0 Å². The highest BCUT2D eigenvalue weighted by atomic mass is 16.1. The average molecular weight is 148 g/mol. The number of Topliss-reactive ketones (excluding diaryl/α,β-unsaturated/α-hetero) is 1. The molecule has 56 valence electrons. The molecule has 1 aromatic carbocycles. The largest absolute Gasteiger partial charge is 0.298 e. The minimum Gasteiger partial charge on any atom is -0.298 e. The van der Waals surface area contributed by atoms with E-state index in [0.717, 1.165) is 6.29 Å². The molecule has 0 atom stereocenters. The van der Waals surface area contributed by atoms with Crippen molar-refractivity contribution < 1.29 is 9.59 Å². The van der Waals surface area contributed by atoms with E-state index in [0.29, 0.717) is 11.1 Å². The Balaban J connectivity index is 3.10. The molecule has 11 heavy (non-hydrogen) atoms. The maximum absolute atomic E-state index is 10.8. The van der Waals surface area contributed by atoms with E-state index in [1.54, 1.807) is 24.3 Å². The smallest absolute Gasteiger partial charge is 0.159 e. The Morgan fingerprint density at radius 2 is 2.18 bits per heavy atom. The summed E-state index contributed by atoms with van der Waals surface area (Å²) in [6, 6.07) is 6.63. The Labute approximate surface area is 64.8 Å². The zero-order valence-corrected chi connectivity index (χ0v) is 6.20. The summed E-state index contributed by atoms with van der Waals surface area (Å²) < 4.78 is 0. The molecule has 2 heteroatoms. The predicted octanol–water partition coefficient (Wildman–Crippen LogP) is 1.70. The van der Waals surface area contributed by atoms with Gasteiger partial charge in [0.2, 0.25) is 0 Å². The molecular formula is C9H8O2. The first-order valence-corrected chi connectivity index (χ1v) is 3.30. The van der Waals surface area contributed by atoms with Crippen LogP contribution in [0.3, 0.4) is 0 Å². The number of benzene rings is 1. The molecule has 0 radical (unpaired) electrons. The normalized spacial score (nSPS) is 9.18. The summed E-state index contributed by atoms with van der Waals surface area (Å²) in [7, 11) is 0. The van der Waals surface area contributed by atoms with E-state index in [-0.39, 0.29) is 5.78 Å². The van der Waals surface area contributed by atoms with Crippen LogP contribution in [0.1, 0.15) is 27.6 Å². The third-order valence-corrected chi connectivity index (χ3v) is 1.43. The average Bonchev–Trinajstić information content (AvgIpc) is 2.05. The van der Waals surface area contributed by atoms with Crippen molar-refractivity contribution >= 4 is 12.1 Å². The maximum atomic E-state index is 10.8. The number of carbonyl (C=O) groups is 2. The lowest BCUT2D eigenvalue weighted by atomic mass is 10.1. The Bertz CT molecular complexity index is 289. The standard InChI is InChI=1S/C9H8O2/c1-7(11)9-4-2-3-8(5-9)6-10/h2-6H,1H3. The van der Waals surface area contributed by atoms with E-state index in [1.807, 2.05) is 0 Å². The molecule has 0 spiro atoms. The molecule has 0 amide bonds. The molecule has 0 aromatic heterocycles. The first-order chi connectivity index (χ1) is 5.24. The molecule has 0 aliphatic carbocycles. The molecule has 1 aromatic rings. The summed E-state index contributed by atoms with van der Waals surface area (Å²) >= 11 is 0. The zero-order chi connectivity index (χ0) is 8.27. The highest BCUT2D eigenvalue weighted by Gasteiger charge is 1.98. The molecule has 0 saturated carbocycles. The van der Waals surface area contributed by atoms with Gasteiger partial charge in [-0.25, -0.2) is 0 Å². The van der Waals surface area contributed by atoms with Crippen molar-refractivity contribution in [1.29, 1.82) is 0 Å². The summed E-state index contributed by atoms with van der Waals surface area (Å²) in [6.07, 6.45) is 0.729. The zero-order valence-electron chi connectivity index (χ0n) is 6.20. The van der Waals surface area contributed by atoms with Gasteiger partial charge in [-0.3, -0.25) is 9.59 Å². The minimum absolute atomic E-state index is 0.0197. The van der Waals surface area contributed by atoms with E-state index in [1.165, 1.54) is 6.92 Å². The van der Waals surface area contributed by atoms with Crippen LogP contribution < -0.4 is 0 Å². The van der Waals surface area contributed by atoms with Crippen LogP contribution in [0.2, 0.25) is 0 Å². The monoisotopic (exact) mass is 148 g/mol. The topological polar surface area (TPSA) is 34.1 Å². The lowest BCUT2D eigenvalue weighted by molar-refractivity contribution is 0.101. The van der Waals surface area contributed by atoms with Gasteiger partial charge in [0.25, 0.3) is 0 Å². The van der Waals surface area contributed by atoms with Crippen LogP contribution in [0.4, 0.5) is 0 Å². The molecular weight excluding hydrogens is 140 g/mol. The second-order valence-electron chi connectivity index (χ2n) is 2.30. The predicted molar refractivity (Wildman–Crippen MR) is 41.8 cm³/mol. The fraction of sp³-hybridized carbons (Fsp3) is 0.111. The SMILES string of the molecule is CC(=O)c1cccc(C=O)c1. The molecule has 0 N–H and O–H groups in total. The van der Waals surface area contributed by atoms with Gasteiger partial charge in [0.1, 0.15) is 6.29 Å². The highest BCUT2D eigenvalue weighted by Crippen LogP contribution is 2.03. The fourth-order valence-corrected chi connectivity index (χ4v) is 0.831. The van der Waals surface area contributed by atoms with Crippen LogP contribution in [-0.4, -0.2) is 12.1 Å². The van der Waals surface area contributed by atoms with Gasteiger partial charge < -0.3 is 0 Å². The number of carbonyl (C=O) groups excluding carboxylic acids is 2. The lowest BCUT2D eigenvalue weighted by Gasteiger charge is -1.94. The summed E-state index contributed by atoms with van der Waals surface area (Å²) in [4.78, 5) is 21.1. The summed E-state index contributed by atoms with van der Waals surface area (Å²) in [6.45, 7) is 1.48. The minimum atomic E-state index is -0.0197. The molecule has 0 unspecified atom stereocenters. The number of aldehydes is 1. The van der Waals surface area contributed by atoms with Crippen molar-refractivity contribution in [2.45, 2.75) is 6.92 Å². The van der Waals surface area contributed by atoms with Crippen LogP contribution in [0.25, 0.3) is 0 Å². The van der Waals surface area contributed by atoms with Crippen LogP contribution in [0, 0.1) is 0 Å². The van der Waals surface area contributed by atoms with Gasteiger partial charge in [0.15, 0.2) is 5.78 Å². The van der Waals surface area contributed by atoms with E-state index in [4.69, 9.17) is 0 Å². The molecule has 0 aliphatic heterocycles. The quantitative estimate of drug-likeness (QED) is 0.472. The second kappa shape index (κ2) is 3.10. The number of hydrogen-bond donors (Lipinski definition) is 0. The molecule has 0 fully saturated rings. The Morgan fingerprint density at radius 3 is 2.73 bits per heavy atom. The highest BCUT2D eigenvalue weighted by molar-refractivity contribution is 5.95.